The highest BCUT2D eigenvalue weighted by molar-refractivity contribution is 6.08. The summed E-state index contributed by atoms with van der Waals surface area (Å²) in [5.74, 6) is -12.5. The number of hydrogen-bond donors (Lipinski definition) is 2. The summed E-state index contributed by atoms with van der Waals surface area (Å²) in [7, 11) is 0. The van der Waals surface area contributed by atoms with Crippen LogP contribution in [0.15, 0.2) is 48.5 Å². The van der Waals surface area contributed by atoms with Crippen molar-refractivity contribution in [3.05, 3.63) is 48.5 Å². The number of ether oxygens (including phenoxy) is 8. The molecule has 0 unspecified atom stereocenters. The molecule has 0 atom stereocenters. The molecule has 3 aromatic heterocycles. The SMILES string of the molecule is FC(F)(F)COc1cc2c(cc1OCC(F)(F)F)-c1nc-2nc2[nH]c(nc3nc(nc4[nH]c(n1)c1cc(OCC(F)(F)F)c(OCC(F)(F)F)cc41)-c1cc(OCC(F)(F)F)c(OCC(F)(F)F)cc1-3)c1cc(OCC(F)(F)F)c(OCC(F)(F)F)cc21. The normalized spacial score (nSPS) is 13.4. The summed E-state index contributed by atoms with van der Waals surface area (Å²) in [5, 5.41) is -2.33. The van der Waals surface area contributed by atoms with E-state index in [0.717, 1.165) is 0 Å². The van der Waals surface area contributed by atoms with Gasteiger partial charge in [0.1, 0.15) is 22.6 Å². The molecule has 2 aliphatic rings. The Labute approximate surface area is 469 Å². The van der Waals surface area contributed by atoms with E-state index in [0.29, 0.717) is 48.5 Å². The van der Waals surface area contributed by atoms with Gasteiger partial charge in [0.15, 0.2) is 122 Å². The van der Waals surface area contributed by atoms with Crippen molar-refractivity contribution in [2.45, 2.75) is 49.4 Å². The van der Waals surface area contributed by atoms with Crippen molar-refractivity contribution in [3.63, 3.8) is 0 Å². The topological polar surface area (TPSA) is 183 Å². The maximum atomic E-state index is 13.6. The number of aromatic amines is 2. The number of rotatable bonds is 16. The minimum Gasteiger partial charge on any atom is -0.480 e. The van der Waals surface area contributed by atoms with Crippen molar-refractivity contribution in [3.8, 4) is 91.5 Å². The van der Waals surface area contributed by atoms with Crippen LogP contribution in [0.1, 0.15) is 0 Å². The van der Waals surface area contributed by atoms with E-state index in [4.69, 9.17) is 37.9 Å². The van der Waals surface area contributed by atoms with E-state index < -0.39 is 238 Å². The Kier molecular flexibility index (Phi) is 16.3. The Morgan fingerprint density at radius 1 is 0.227 bits per heavy atom. The van der Waals surface area contributed by atoms with Crippen LogP contribution in [0.2, 0.25) is 0 Å². The maximum Gasteiger partial charge on any atom is 0.422 e. The van der Waals surface area contributed by atoms with Gasteiger partial charge in [-0.2, -0.15) is 105 Å². The summed E-state index contributed by atoms with van der Waals surface area (Å²) in [6.45, 7) is -17.9. The smallest absolute Gasteiger partial charge is 0.422 e. The van der Waals surface area contributed by atoms with Crippen LogP contribution in [0.25, 0.3) is 89.7 Å². The summed E-state index contributed by atoms with van der Waals surface area (Å²) < 4.78 is 366. The van der Waals surface area contributed by atoms with Crippen LogP contribution in [-0.2, 0) is 0 Å². The first-order valence-corrected chi connectivity index (χ1v) is 23.6. The Bertz CT molecular complexity index is 3480. The zero-order valence-corrected chi connectivity index (χ0v) is 42.3. The number of hydrogen-bond acceptors (Lipinski definition) is 14. The van der Waals surface area contributed by atoms with Crippen LogP contribution in [0, 0.1) is 0 Å². The summed E-state index contributed by atoms with van der Waals surface area (Å²) >= 11 is 0. The second-order valence-electron chi connectivity index (χ2n) is 18.2. The Balaban J connectivity index is 1.46. The van der Waals surface area contributed by atoms with Gasteiger partial charge in [0.2, 0.25) is 0 Å². The number of benzene rings is 4. The van der Waals surface area contributed by atoms with E-state index in [1.54, 1.807) is 0 Å². The van der Waals surface area contributed by atoms with Gasteiger partial charge in [-0.15, -0.1) is 0 Å². The fraction of sp³-hybridized carbons (Fsp3) is 0.333. The number of H-pyrrole nitrogens is 2. The van der Waals surface area contributed by atoms with Crippen molar-refractivity contribution in [1.82, 2.24) is 39.9 Å². The second-order valence-corrected chi connectivity index (χ2v) is 18.2. The van der Waals surface area contributed by atoms with Gasteiger partial charge in [0.05, 0.1) is 0 Å². The van der Waals surface area contributed by atoms with Crippen LogP contribution in [-0.4, -0.2) is 142 Å². The Hall–Kier alpha value is -9.04. The minimum atomic E-state index is -5.23. The van der Waals surface area contributed by atoms with E-state index in [-0.39, 0.29) is 0 Å². The molecular weight excluding hydrogens is 1270 g/mol. The highest BCUT2D eigenvalue weighted by atomic mass is 19.4. The molecule has 474 valence electrons. The van der Waals surface area contributed by atoms with E-state index in [1.807, 2.05) is 0 Å². The molecule has 0 saturated carbocycles. The lowest BCUT2D eigenvalue weighted by molar-refractivity contribution is -0.158. The molecule has 0 radical (unpaired) electrons. The van der Waals surface area contributed by atoms with Gasteiger partial charge in [-0.25, -0.2) is 29.9 Å². The summed E-state index contributed by atoms with van der Waals surface area (Å²) in [5.41, 5.74) is -5.48. The van der Waals surface area contributed by atoms with E-state index >= 15 is 0 Å². The molecule has 4 aromatic carbocycles. The second kappa shape index (κ2) is 22.6. The summed E-state index contributed by atoms with van der Waals surface area (Å²) in [4.78, 5) is 30.7. The number of aromatic nitrogens is 8. The third-order valence-corrected chi connectivity index (χ3v) is 11.2. The Morgan fingerprint density at radius 2 is 0.375 bits per heavy atom. The van der Waals surface area contributed by atoms with E-state index in [2.05, 4.69) is 39.9 Å². The molecule has 8 bridgehead atoms. The summed E-state index contributed by atoms with van der Waals surface area (Å²) in [6, 6.07) is 4.47. The lowest BCUT2D eigenvalue weighted by atomic mass is 10.1. The van der Waals surface area contributed by atoms with Crippen molar-refractivity contribution in [2.24, 2.45) is 0 Å². The zero-order valence-electron chi connectivity index (χ0n) is 42.3. The molecule has 7 aromatic rings. The van der Waals surface area contributed by atoms with Crippen molar-refractivity contribution < 1.29 is 143 Å². The molecule has 0 spiro atoms. The minimum absolute atomic E-state index is 0.552. The molecule has 88 heavy (non-hydrogen) atoms. The van der Waals surface area contributed by atoms with Gasteiger partial charge < -0.3 is 47.9 Å². The molecule has 5 heterocycles. The molecule has 0 fully saturated rings. The predicted molar refractivity (Wildman–Crippen MR) is 248 cm³/mol. The molecule has 2 N–H and O–H groups in total. The third kappa shape index (κ3) is 15.9. The van der Waals surface area contributed by atoms with Gasteiger partial charge in [-0.1, -0.05) is 0 Å². The maximum absolute atomic E-state index is 13.6. The van der Waals surface area contributed by atoms with Gasteiger partial charge >= 0.3 is 49.4 Å². The predicted octanol–water partition coefficient (Wildman–Crippen LogP) is 14.4. The average molecular weight is 1300 g/mol. The van der Waals surface area contributed by atoms with Crippen molar-refractivity contribution in [1.29, 1.82) is 0 Å². The fourth-order valence-electron chi connectivity index (χ4n) is 7.99. The highest BCUT2D eigenvalue weighted by Gasteiger charge is 2.38. The lowest BCUT2D eigenvalue weighted by Gasteiger charge is -2.16. The number of nitrogens with one attached hydrogen (secondary N) is 2. The standard InChI is InChI=1S/C48H26F24N8O8/c49-41(50,51)9-81-25-1-17-18(2-26(25)82-10-42(52,53)54)34-73-33(17)77-35-19-3-27(83-11-43(55,56)57)28(84-12-44(58,59)60)4-20(19)37(74-35)79-39-23-7-31(87-15-47(67,68)69)32(88-16-48(70,71)72)8-24(23)40(76-39)80-38-22-6-30(86-14-46(64,65)66)29(85-13-45(61,62)63)5-21(22)36(75-38)78-34/h1-8H,9-16H2,(H2,73,74,75,76,77,78,79,80). The zero-order chi connectivity index (χ0) is 64.5. The Morgan fingerprint density at radius 3 is 0.523 bits per heavy atom. The summed E-state index contributed by atoms with van der Waals surface area (Å²) in [6.07, 6.45) is -41.8. The van der Waals surface area contributed by atoms with Crippen molar-refractivity contribution >= 4 is 44.1 Å². The van der Waals surface area contributed by atoms with Gasteiger partial charge in [-0.05, 0) is 48.5 Å². The van der Waals surface area contributed by atoms with E-state index in [1.165, 1.54) is 0 Å². The number of alkyl halides is 24. The molecule has 16 nitrogen and oxygen atoms in total. The van der Waals surface area contributed by atoms with E-state index in [9.17, 15) is 105 Å². The number of halogens is 24. The first-order chi connectivity index (χ1) is 40.5. The third-order valence-electron chi connectivity index (χ3n) is 11.2. The van der Waals surface area contributed by atoms with Crippen LogP contribution >= 0.6 is 0 Å². The van der Waals surface area contributed by atoms with Crippen LogP contribution in [0.4, 0.5) is 105 Å². The quantitative estimate of drug-likeness (QED) is 0.0871. The number of nitrogens with zero attached hydrogens (tertiary/aromatic N) is 6. The molecule has 2 aliphatic heterocycles. The molecule has 0 saturated heterocycles. The highest BCUT2D eigenvalue weighted by Crippen LogP contribution is 2.47. The monoisotopic (exact) mass is 1300 g/mol. The average Bonchev–Trinajstić information content (AvgIpc) is 1.99. The van der Waals surface area contributed by atoms with Gasteiger partial charge in [0, 0.05) is 43.8 Å². The first-order valence-electron chi connectivity index (χ1n) is 23.6. The largest absolute Gasteiger partial charge is 0.480 e. The van der Waals surface area contributed by atoms with Crippen LogP contribution in [0.3, 0.4) is 0 Å². The van der Waals surface area contributed by atoms with Crippen molar-refractivity contribution in [2.75, 3.05) is 52.9 Å². The van der Waals surface area contributed by atoms with Crippen LogP contribution in [0.5, 0.6) is 46.0 Å². The van der Waals surface area contributed by atoms with Crippen LogP contribution < -0.4 is 37.9 Å². The molecular formula is C48H26F24N8O8. The molecule has 9 rings (SSSR count). The molecule has 0 aliphatic carbocycles. The lowest BCUT2D eigenvalue weighted by Crippen LogP contribution is -2.21. The van der Waals surface area contributed by atoms with Gasteiger partial charge in [0.25, 0.3) is 0 Å². The number of fused-ring (bicyclic) bond motifs is 20. The van der Waals surface area contributed by atoms with Gasteiger partial charge in [-0.3, -0.25) is 0 Å². The fourth-order valence-corrected chi connectivity index (χ4v) is 7.99. The first kappa shape index (κ1) is 63.5. The molecule has 40 heteroatoms. The molecule has 0 amide bonds.